The fourth-order valence-corrected chi connectivity index (χ4v) is 5.11. The minimum atomic E-state index is -0.892. The van der Waals surface area contributed by atoms with Gasteiger partial charge in [0.15, 0.2) is 6.29 Å². The van der Waals surface area contributed by atoms with Gasteiger partial charge < -0.3 is 23.7 Å². The van der Waals surface area contributed by atoms with E-state index >= 15 is 0 Å². The molecule has 0 spiro atoms. The van der Waals surface area contributed by atoms with Gasteiger partial charge in [0.05, 0.1) is 37.5 Å². The molecule has 0 N–H and O–H groups in total. The Balaban J connectivity index is 1.74. The fourth-order valence-electron chi connectivity index (χ4n) is 4.04. The number of halogens is 1. The standard InChI is InChI=1S/C13H15BrO7/c1-17-6(15)4-5-7-8-9(20-11(7)16)10(14)13(5,21-8)12-18-2-3-19-12/h5,7-10,12H,2-4H2,1H3/t5-,7+,8-,9+,10-,13+/m1/s1. The summed E-state index contributed by atoms with van der Waals surface area (Å²) in [5.74, 6) is -1.55. The van der Waals surface area contributed by atoms with Crippen molar-refractivity contribution in [2.24, 2.45) is 11.8 Å². The molecule has 4 aliphatic rings. The zero-order valence-corrected chi connectivity index (χ0v) is 12.9. The molecule has 0 saturated carbocycles. The van der Waals surface area contributed by atoms with Gasteiger partial charge in [0.25, 0.3) is 0 Å². The molecule has 21 heavy (non-hydrogen) atoms. The molecule has 0 aromatic heterocycles. The number of carbonyl (C=O) groups is 2. The SMILES string of the molecule is COC(=O)C[C@@H]1[C@@H]2C(=O)O[C@H]3[C@@H]2O[C@]1(C1OCCO1)[C@@H]3Br. The molecular weight excluding hydrogens is 348 g/mol. The summed E-state index contributed by atoms with van der Waals surface area (Å²) >= 11 is 3.58. The first-order valence-corrected chi connectivity index (χ1v) is 7.83. The Morgan fingerprint density at radius 1 is 1.38 bits per heavy atom. The second kappa shape index (κ2) is 4.65. The first-order valence-electron chi connectivity index (χ1n) is 6.92. The molecule has 0 amide bonds. The molecule has 0 aromatic rings. The molecule has 0 aliphatic carbocycles. The van der Waals surface area contributed by atoms with Gasteiger partial charge in [0.1, 0.15) is 17.8 Å². The number of carbonyl (C=O) groups excluding carboxylic acids is 2. The molecular formula is C13H15BrO7. The van der Waals surface area contributed by atoms with E-state index in [0.717, 1.165) is 0 Å². The lowest BCUT2D eigenvalue weighted by Gasteiger charge is -2.39. The van der Waals surface area contributed by atoms with Crippen LogP contribution in [0, 0.1) is 11.8 Å². The Labute approximate surface area is 129 Å². The van der Waals surface area contributed by atoms with E-state index in [-0.39, 0.29) is 41.3 Å². The molecule has 6 atom stereocenters. The van der Waals surface area contributed by atoms with Gasteiger partial charge in [-0.25, -0.2) is 0 Å². The van der Waals surface area contributed by atoms with Crippen LogP contribution in [-0.2, 0) is 33.3 Å². The highest BCUT2D eigenvalue weighted by Crippen LogP contribution is 2.61. The largest absolute Gasteiger partial charge is 0.469 e. The van der Waals surface area contributed by atoms with Crippen molar-refractivity contribution in [3.8, 4) is 0 Å². The third-order valence-electron chi connectivity index (χ3n) is 4.88. The average Bonchev–Trinajstić information content (AvgIpc) is 3.17. The van der Waals surface area contributed by atoms with E-state index in [0.29, 0.717) is 13.2 Å². The highest BCUT2D eigenvalue weighted by molar-refractivity contribution is 9.09. The highest BCUT2D eigenvalue weighted by atomic mass is 79.9. The van der Waals surface area contributed by atoms with Crippen molar-refractivity contribution in [1.29, 1.82) is 0 Å². The van der Waals surface area contributed by atoms with Gasteiger partial charge in [-0.1, -0.05) is 15.9 Å². The van der Waals surface area contributed by atoms with Crippen molar-refractivity contribution < 1.29 is 33.3 Å². The van der Waals surface area contributed by atoms with Gasteiger partial charge >= 0.3 is 11.9 Å². The fraction of sp³-hybridized carbons (Fsp3) is 0.846. The van der Waals surface area contributed by atoms with Gasteiger partial charge in [0, 0.05) is 5.92 Å². The van der Waals surface area contributed by atoms with Gasteiger partial charge in [0.2, 0.25) is 0 Å². The number of hydrogen-bond acceptors (Lipinski definition) is 7. The van der Waals surface area contributed by atoms with E-state index in [1.807, 2.05) is 0 Å². The van der Waals surface area contributed by atoms with Crippen LogP contribution in [0.2, 0.25) is 0 Å². The maximum Gasteiger partial charge on any atom is 0.312 e. The lowest BCUT2D eigenvalue weighted by atomic mass is 9.70. The summed E-state index contributed by atoms with van der Waals surface area (Å²) in [6.07, 6.45) is -1.25. The van der Waals surface area contributed by atoms with E-state index in [2.05, 4.69) is 15.9 Å². The van der Waals surface area contributed by atoms with Crippen LogP contribution in [0.1, 0.15) is 6.42 Å². The molecule has 0 unspecified atom stereocenters. The van der Waals surface area contributed by atoms with Gasteiger partial charge in [-0.05, 0) is 0 Å². The third-order valence-corrected chi connectivity index (χ3v) is 6.12. The van der Waals surface area contributed by atoms with Gasteiger partial charge in [-0.3, -0.25) is 9.59 Å². The van der Waals surface area contributed by atoms with Gasteiger partial charge in [-0.15, -0.1) is 0 Å². The number of hydrogen-bond donors (Lipinski definition) is 0. The molecule has 4 fully saturated rings. The quantitative estimate of drug-likeness (QED) is 0.516. The third kappa shape index (κ3) is 1.64. The number of methoxy groups -OCH3 is 1. The number of fused-ring (bicyclic) bond motifs is 1. The summed E-state index contributed by atoms with van der Waals surface area (Å²) in [5, 5.41) is 0. The van der Waals surface area contributed by atoms with E-state index < -0.39 is 17.8 Å². The number of rotatable bonds is 3. The lowest BCUT2D eigenvalue weighted by molar-refractivity contribution is -0.193. The maximum atomic E-state index is 12.1. The van der Waals surface area contributed by atoms with E-state index in [9.17, 15) is 9.59 Å². The molecule has 4 heterocycles. The zero-order chi connectivity index (χ0) is 14.8. The average molecular weight is 363 g/mol. The number of esters is 2. The van der Waals surface area contributed by atoms with Crippen LogP contribution >= 0.6 is 15.9 Å². The summed E-state index contributed by atoms with van der Waals surface area (Å²) in [6, 6.07) is 0. The Bertz CT molecular complexity index is 491. The van der Waals surface area contributed by atoms with Crippen LogP contribution in [-0.4, -0.2) is 61.2 Å². The molecule has 8 heteroatoms. The van der Waals surface area contributed by atoms with Crippen LogP contribution in [0.15, 0.2) is 0 Å². The first-order chi connectivity index (χ1) is 10.1. The molecule has 4 rings (SSSR count). The second-order valence-electron chi connectivity index (χ2n) is 5.73. The Morgan fingerprint density at radius 2 is 2.10 bits per heavy atom. The van der Waals surface area contributed by atoms with Crippen molar-refractivity contribution in [2.75, 3.05) is 20.3 Å². The highest BCUT2D eigenvalue weighted by Gasteiger charge is 2.78. The van der Waals surface area contributed by atoms with Crippen molar-refractivity contribution >= 4 is 27.9 Å². The van der Waals surface area contributed by atoms with Crippen LogP contribution in [0.3, 0.4) is 0 Å². The molecule has 116 valence electrons. The summed E-state index contributed by atoms with van der Waals surface area (Å²) in [5.41, 5.74) is -0.892. The summed E-state index contributed by atoms with van der Waals surface area (Å²) in [7, 11) is 1.33. The molecule has 4 saturated heterocycles. The number of alkyl halides is 1. The molecule has 4 aliphatic heterocycles. The molecule has 2 bridgehead atoms. The summed E-state index contributed by atoms with van der Waals surface area (Å²) < 4.78 is 27.6. The van der Waals surface area contributed by atoms with Crippen LogP contribution < -0.4 is 0 Å². The Kier molecular flexibility index (Phi) is 3.08. The molecule has 0 aromatic carbocycles. The first kappa shape index (κ1) is 13.9. The van der Waals surface area contributed by atoms with E-state index in [4.69, 9.17) is 23.7 Å². The van der Waals surface area contributed by atoms with Crippen molar-refractivity contribution in [3.63, 3.8) is 0 Å². The lowest BCUT2D eigenvalue weighted by Crippen LogP contribution is -2.57. The predicted molar refractivity (Wildman–Crippen MR) is 69.5 cm³/mol. The summed E-state index contributed by atoms with van der Waals surface area (Å²) in [6.45, 7) is 0.935. The van der Waals surface area contributed by atoms with Crippen molar-refractivity contribution in [3.05, 3.63) is 0 Å². The van der Waals surface area contributed by atoms with E-state index in [1.54, 1.807) is 0 Å². The molecule has 7 nitrogen and oxygen atoms in total. The van der Waals surface area contributed by atoms with Crippen molar-refractivity contribution in [1.82, 2.24) is 0 Å². The maximum absolute atomic E-state index is 12.1. The van der Waals surface area contributed by atoms with Gasteiger partial charge in [-0.2, -0.15) is 0 Å². The van der Waals surface area contributed by atoms with Crippen LogP contribution in [0.25, 0.3) is 0 Å². The van der Waals surface area contributed by atoms with Crippen LogP contribution in [0.5, 0.6) is 0 Å². The monoisotopic (exact) mass is 362 g/mol. The molecule has 0 radical (unpaired) electrons. The Morgan fingerprint density at radius 3 is 2.76 bits per heavy atom. The Hall–Kier alpha value is -0.700. The van der Waals surface area contributed by atoms with E-state index in [1.165, 1.54) is 7.11 Å². The predicted octanol–water partition coefficient (Wildman–Crippen LogP) is -0.00510. The van der Waals surface area contributed by atoms with Crippen molar-refractivity contribution in [2.45, 2.75) is 35.3 Å². The smallest absolute Gasteiger partial charge is 0.312 e. The topological polar surface area (TPSA) is 80.3 Å². The summed E-state index contributed by atoms with van der Waals surface area (Å²) in [4.78, 5) is 23.6. The number of ether oxygens (including phenoxy) is 5. The minimum absolute atomic E-state index is 0.0742. The minimum Gasteiger partial charge on any atom is -0.469 e. The zero-order valence-electron chi connectivity index (χ0n) is 11.3. The normalized spacial score (nSPS) is 47.9. The second-order valence-corrected chi connectivity index (χ2v) is 6.71. The van der Waals surface area contributed by atoms with Crippen LogP contribution in [0.4, 0.5) is 0 Å².